The predicted octanol–water partition coefficient (Wildman–Crippen LogP) is 5.88. The molecule has 12 heteroatoms. The Morgan fingerprint density at radius 2 is 2.00 bits per heavy atom. The summed E-state index contributed by atoms with van der Waals surface area (Å²) < 4.78 is 5.97. The first-order valence-corrected chi connectivity index (χ1v) is 15.1. The number of pyridine rings is 1. The number of nitrogens with zero attached hydrogens (tertiary/aromatic N) is 3. The molecule has 10 nitrogen and oxygen atoms in total. The highest BCUT2D eigenvalue weighted by molar-refractivity contribution is 7.21. The fourth-order valence-electron chi connectivity index (χ4n) is 5.42. The van der Waals surface area contributed by atoms with Crippen LogP contribution in [0.5, 0.6) is 11.5 Å². The van der Waals surface area contributed by atoms with Crippen LogP contribution in [-0.2, 0) is 4.79 Å². The van der Waals surface area contributed by atoms with E-state index >= 15 is 0 Å². The van der Waals surface area contributed by atoms with Gasteiger partial charge in [-0.05, 0) is 67.8 Å². The molecule has 2 aliphatic rings. The Morgan fingerprint density at radius 3 is 2.77 bits per heavy atom. The Morgan fingerprint density at radius 1 is 1.19 bits per heavy atom. The molecule has 0 aliphatic carbocycles. The third-order valence-corrected chi connectivity index (χ3v) is 8.80. The van der Waals surface area contributed by atoms with Gasteiger partial charge in [-0.2, -0.15) is 0 Å². The fraction of sp³-hybridized carbons (Fsp3) is 0.226. The average molecular weight is 617 g/mol. The highest BCUT2D eigenvalue weighted by Crippen LogP contribution is 2.46. The van der Waals surface area contributed by atoms with Crippen molar-refractivity contribution in [1.82, 2.24) is 15.2 Å². The number of hydrogen-bond acceptors (Lipinski definition) is 7. The molecule has 4 aromatic rings. The third-order valence-electron chi connectivity index (χ3n) is 7.39. The largest absolute Gasteiger partial charge is 0.457 e. The number of nitrogens with one attached hydrogen (secondary N) is 2. The second-order valence-corrected chi connectivity index (χ2v) is 11.7. The standard InChI is InChI=1S/C31H29ClN6O4S/c1-18-16-21(42-20-7-3-2-4-8-20)9-10-23(18)38-24-12-14-34-29-25(24)26(36-31(38)41)27(43-29)28(39)35-19-6-5-15-37(17-19)30(40)22(32)11-13-33/h2-4,7-12,14,16,19H,5-6,13,15,17,33H2,1H3,(H,35,39)(H,36,41). The molecule has 1 atom stereocenters. The Hall–Kier alpha value is -4.45. The quantitative estimate of drug-likeness (QED) is 0.222. The lowest BCUT2D eigenvalue weighted by Gasteiger charge is -2.33. The fourth-order valence-corrected chi connectivity index (χ4v) is 6.65. The molecule has 220 valence electrons. The molecule has 6 rings (SSSR count). The molecular weight excluding hydrogens is 588 g/mol. The van der Waals surface area contributed by atoms with Gasteiger partial charge in [0.1, 0.15) is 26.2 Å². The zero-order chi connectivity index (χ0) is 30.1. The lowest BCUT2D eigenvalue weighted by Crippen LogP contribution is -2.49. The molecule has 2 aliphatic heterocycles. The van der Waals surface area contributed by atoms with Gasteiger partial charge >= 0.3 is 6.03 Å². The number of aromatic nitrogens is 1. The molecule has 0 saturated carbocycles. The highest BCUT2D eigenvalue weighted by atomic mass is 35.5. The van der Waals surface area contributed by atoms with E-state index in [1.54, 1.807) is 22.1 Å². The van der Waals surface area contributed by atoms with Gasteiger partial charge in [0, 0.05) is 31.9 Å². The monoisotopic (exact) mass is 616 g/mol. The minimum atomic E-state index is -0.386. The number of nitrogens with two attached hydrogens (primary N) is 1. The smallest absolute Gasteiger partial charge is 0.331 e. The lowest BCUT2D eigenvalue weighted by atomic mass is 10.0. The molecule has 43 heavy (non-hydrogen) atoms. The van der Waals surface area contributed by atoms with Crippen molar-refractivity contribution in [1.29, 1.82) is 0 Å². The number of amides is 4. The van der Waals surface area contributed by atoms with Crippen LogP contribution in [0.15, 0.2) is 71.9 Å². The Bertz CT molecular complexity index is 1760. The van der Waals surface area contributed by atoms with Crippen LogP contribution in [0.3, 0.4) is 0 Å². The van der Waals surface area contributed by atoms with Crippen LogP contribution < -0.4 is 26.0 Å². The molecule has 1 unspecified atom stereocenters. The molecule has 2 aromatic carbocycles. The van der Waals surface area contributed by atoms with Crippen molar-refractivity contribution < 1.29 is 19.1 Å². The summed E-state index contributed by atoms with van der Waals surface area (Å²) in [4.78, 5) is 48.5. The number of hydrogen-bond donors (Lipinski definition) is 3. The summed E-state index contributed by atoms with van der Waals surface area (Å²) in [5.74, 6) is 0.730. The summed E-state index contributed by atoms with van der Waals surface area (Å²) in [7, 11) is 0. The van der Waals surface area contributed by atoms with E-state index in [2.05, 4.69) is 15.6 Å². The number of carbonyl (C=O) groups excluding carboxylic acids is 3. The highest BCUT2D eigenvalue weighted by Gasteiger charge is 2.34. The van der Waals surface area contributed by atoms with Gasteiger partial charge in [0.05, 0.1) is 22.4 Å². The van der Waals surface area contributed by atoms with E-state index in [1.807, 2.05) is 55.5 Å². The third kappa shape index (κ3) is 5.66. The molecule has 4 amide bonds. The lowest BCUT2D eigenvalue weighted by molar-refractivity contribution is -0.127. The van der Waals surface area contributed by atoms with E-state index in [0.29, 0.717) is 63.8 Å². The van der Waals surface area contributed by atoms with E-state index < -0.39 is 0 Å². The molecule has 2 aromatic heterocycles. The van der Waals surface area contributed by atoms with Crippen molar-refractivity contribution in [2.45, 2.75) is 25.8 Å². The Balaban J connectivity index is 1.25. The van der Waals surface area contributed by atoms with Gasteiger partial charge in [0.2, 0.25) is 0 Å². The zero-order valence-electron chi connectivity index (χ0n) is 23.3. The molecule has 0 spiro atoms. The second kappa shape index (κ2) is 12.0. The van der Waals surface area contributed by atoms with Crippen molar-refractivity contribution in [3.05, 3.63) is 82.3 Å². The van der Waals surface area contributed by atoms with Crippen molar-refractivity contribution >= 4 is 68.1 Å². The van der Waals surface area contributed by atoms with Gasteiger partial charge in [0.15, 0.2) is 0 Å². The number of thiophene rings is 1. The van der Waals surface area contributed by atoms with Crippen LogP contribution in [0.1, 0.15) is 28.1 Å². The molecule has 1 saturated heterocycles. The number of para-hydroxylation sites is 1. The minimum absolute atomic E-state index is 0.0721. The summed E-state index contributed by atoms with van der Waals surface area (Å²) in [6, 6.07) is 16.1. The number of piperidine rings is 1. The molecule has 1 fully saturated rings. The van der Waals surface area contributed by atoms with Crippen LogP contribution in [0.4, 0.5) is 21.9 Å². The van der Waals surface area contributed by atoms with Gasteiger partial charge in [-0.1, -0.05) is 29.8 Å². The SMILES string of the molecule is Cc1cc(Oc2ccccc2)ccc1N1C(=O)Nc2c(C(=O)NC3CCCN(C(=O)C(Cl)=CCN)C3)sc3nccc1c23. The van der Waals surface area contributed by atoms with E-state index in [0.717, 1.165) is 11.3 Å². The number of carbonyl (C=O) groups is 3. The first-order valence-electron chi connectivity index (χ1n) is 13.9. The summed E-state index contributed by atoms with van der Waals surface area (Å²) in [5.41, 5.74) is 8.07. The first-order chi connectivity index (χ1) is 20.8. The zero-order valence-corrected chi connectivity index (χ0v) is 24.9. The van der Waals surface area contributed by atoms with Gasteiger partial charge in [-0.25, -0.2) is 9.78 Å². The minimum Gasteiger partial charge on any atom is -0.457 e. The number of likely N-dealkylation sites (tertiary alicyclic amines) is 1. The van der Waals surface area contributed by atoms with Crippen molar-refractivity contribution in [2.24, 2.45) is 5.73 Å². The molecule has 0 radical (unpaired) electrons. The van der Waals surface area contributed by atoms with Crippen LogP contribution in [0.25, 0.3) is 10.2 Å². The Labute approximate surface area is 257 Å². The number of benzene rings is 2. The second-order valence-electron chi connectivity index (χ2n) is 10.3. The Kier molecular flexibility index (Phi) is 8.02. The maximum atomic E-state index is 13.6. The van der Waals surface area contributed by atoms with Crippen molar-refractivity contribution in [2.75, 3.05) is 29.9 Å². The van der Waals surface area contributed by atoms with Gasteiger partial charge < -0.3 is 26.0 Å². The summed E-state index contributed by atoms with van der Waals surface area (Å²) >= 11 is 7.30. The van der Waals surface area contributed by atoms with Gasteiger partial charge in [-0.3, -0.25) is 14.5 Å². The van der Waals surface area contributed by atoms with E-state index in [1.165, 1.54) is 17.4 Å². The van der Waals surface area contributed by atoms with E-state index in [4.69, 9.17) is 22.1 Å². The van der Waals surface area contributed by atoms with E-state index in [9.17, 15) is 14.4 Å². The number of halogens is 1. The van der Waals surface area contributed by atoms with E-state index in [-0.39, 0.29) is 35.5 Å². The van der Waals surface area contributed by atoms with Gasteiger partial charge in [0.25, 0.3) is 11.8 Å². The average Bonchev–Trinajstić information content (AvgIpc) is 3.38. The molecule has 0 bridgehead atoms. The predicted molar refractivity (Wildman–Crippen MR) is 169 cm³/mol. The number of aryl methyl sites for hydroxylation is 1. The first kappa shape index (κ1) is 28.7. The number of anilines is 3. The van der Waals surface area contributed by atoms with Crippen LogP contribution in [-0.4, -0.2) is 53.4 Å². The summed E-state index contributed by atoms with van der Waals surface area (Å²) in [6.45, 7) is 2.95. The number of rotatable bonds is 7. The summed E-state index contributed by atoms with van der Waals surface area (Å²) in [6.07, 6.45) is 4.53. The normalized spacial score (nSPS) is 16.7. The van der Waals surface area contributed by atoms with Crippen molar-refractivity contribution in [3.8, 4) is 11.5 Å². The van der Waals surface area contributed by atoms with Crippen molar-refractivity contribution in [3.63, 3.8) is 0 Å². The maximum Gasteiger partial charge on any atom is 0.331 e. The number of ether oxygens (including phenoxy) is 1. The van der Waals surface area contributed by atoms with Crippen LogP contribution >= 0.6 is 22.9 Å². The van der Waals surface area contributed by atoms with Gasteiger partial charge in [-0.15, -0.1) is 11.3 Å². The topological polar surface area (TPSA) is 130 Å². The molecular formula is C31H29ClN6O4S. The number of urea groups is 1. The summed E-state index contributed by atoms with van der Waals surface area (Å²) in [5, 5.41) is 6.76. The molecule has 4 N–H and O–H groups in total. The van der Waals surface area contributed by atoms with Crippen LogP contribution in [0.2, 0.25) is 0 Å². The maximum absolute atomic E-state index is 13.6. The molecule has 4 heterocycles. The van der Waals surface area contributed by atoms with Crippen LogP contribution in [0, 0.1) is 6.92 Å².